The first-order chi connectivity index (χ1) is 21.1. The van der Waals surface area contributed by atoms with Gasteiger partial charge in [0.25, 0.3) is 6.43 Å². The van der Waals surface area contributed by atoms with Crippen molar-refractivity contribution in [2.75, 3.05) is 68.8 Å². The Kier molecular flexibility index (Phi) is 8.22. The van der Waals surface area contributed by atoms with Crippen LogP contribution in [0.4, 0.5) is 25.5 Å². The van der Waals surface area contributed by atoms with E-state index >= 15 is 0 Å². The van der Waals surface area contributed by atoms with Crippen LogP contribution < -0.4 is 9.80 Å². The smallest absolute Gasteiger partial charge is 0.410 e. The number of halogens is 2. The number of anilines is 2. The molecule has 6 rings (SSSR count). The van der Waals surface area contributed by atoms with Gasteiger partial charge in [0.1, 0.15) is 11.6 Å². The van der Waals surface area contributed by atoms with Crippen molar-refractivity contribution in [3.05, 3.63) is 30.1 Å². The van der Waals surface area contributed by atoms with Crippen LogP contribution in [0, 0.1) is 0 Å². The maximum Gasteiger partial charge on any atom is 0.410 e. The number of benzene rings is 1. The lowest BCUT2D eigenvalue weighted by atomic mass is 10.1. The van der Waals surface area contributed by atoms with Gasteiger partial charge in [0.05, 0.1) is 24.2 Å². The molecule has 13 nitrogen and oxygen atoms in total. The molecule has 236 valence electrons. The Bertz CT molecular complexity index is 1510. The lowest BCUT2D eigenvalue weighted by Crippen LogP contribution is -2.55. The van der Waals surface area contributed by atoms with Crippen LogP contribution in [0.25, 0.3) is 17.0 Å². The summed E-state index contributed by atoms with van der Waals surface area (Å²) in [5.41, 5.74) is 0.230. The molecule has 3 fully saturated rings. The van der Waals surface area contributed by atoms with Crippen LogP contribution in [0.1, 0.15) is 45.9 Å². The zero-order valence-electron chi connectivity index (χ0n) is 25.2. The molecule has 44 heavy (non-hydrogen) atoms. The molecule has 0 N–H and O–H groups in total. The maximum atomic E-state index is 14.2. The largest absolute Gasteiger partial charge is 0.444 e. The summed E-state index contributed by atoms with van der Waals surface area (Å²) in [6.07, 6.45) is -2.00. The SMILES string of the molecule is CC(C)(C)OC(=O)N1CCC[C@H]1C(=O)N1CCN(c2nc(N3CCOCC3)nc(-n3c(C(F)F)nc4ccccc43)n2)CC1. The van der Waals surface area contributed by atoms with Crippen molar-refractivity contribution in [3.8, 4) is 5.95 Å². The Hall–Kier alpha value is -4.14. The Morgan fingerprint density at radius 3 is 2.18 bits per heavy atom. The lowest BCUT2D eigenvalue weighted by molar-refractivity contribution is -0.136. The number of amides is 2. The molecule has 3 saturated heterocycles. The third kappa shape index (κ3) is 6.10. The molecule has 15 heteroatoms. The molecule has 2 amide bonds. The van der Waals surface area contributed by atoms with E-state index in [1.54, 1.807) is 49.9 Å². The van der Waals surface area contributed by atoms with Crippen molar-refractivity contribution in [2.45, 2.75) is 51.7 Å². The number of carbonyl (C=O) groups is 2. The number of hydrogen-bond donors (Lipinski definition) is 0. The summed E-state index contributed by atoms with van der Waals surface area (Å²) in [5, 5.41) is 0. The molecule has 0 radical (unpaired) electrons. The van der Waals surface area contributed by atoms with Crippen LogP contribution in [0.2, 0.25) is 0 Å². The minimum Gasteiger partial charge on any atom is -0.444 e. The highest BCUT2D eigenvalue weighted by Gasteiger charge is 2.39. The van der Waals surface area contributed by atoms with Gasteiger partial charge >= 0.3 is 6.09 Å². The van der Waals surface area contributed by atoms with Gasteiger partial charge in [-0.25, -0.2) is 18.6 Å². The van der Waals surface area contributed by atoms with Crippen LogP contribution in [0.15, 0.2) is 24.3 Å². The number of imidazole rings is 1. The van der Waals surface area contributed by atoms with Gasteiger partial charge in [-0.3, -0.25) is 14.3 Å². The molecular weight excluding hydrogens is 576 g/mol. The topological polar surface area (TPSA) is 122 Å². The summed E-state index contributed by atoms with van der Waals surface area (Å²) in [5.74, 6) is 0.196. The second-order valence-corrected chi connectivity index (χ2v) is 12.1. The van der Waals surface area contributed by atoms with Gasteiger partial charge in [0.15, 0.2) is 5.82 Å². The maximum absolute atomic E-state index is 14.2. The second kappa shape index (κ2) is 12.1. The van der Waals surface area contributed by atoms with E-state index in [1.165, 1.54) is 9.47 Å². The van der Waals surface area contributed by atoms with Crippen LogP contribution >= 0.6 is 0 Å². The average molecular weight is 614 g/mol. The molecule has 5 heterocycles. The van der Waals surface area contributed by atoms with Gasteiger partial charge in [-0.1, -0.05) is 12.1 Å². The number of likely N-dealkylation sites (tertiary alicyclic amines) is 1. The molecule has 3 aliphatic rings. The van der Waals surface area contributed by atoms with E-state index in [0.29, 0.717) is 88.4 Å². The summed E-state index contributed by atoms with van der Waals surface area (Å²) in [4.78, 5) is 51.7. The van der Waals surface area contributed by atoms with Crippen LogP contribution in [0.3, 0.4) is 0 Å². The molecular formula is C29H37F2N9O4. The number of fused-ring (bicyclic) bond motifs is 1. The predicted octanol–water partition coefficient (Wildman–Crippen LogP) is 3.03. The van der Waals surface area contributed by atoms with Gasteiger partial charge in [0, 0.05) is 45.8 Å². The molecule has 3 aliphatic heterocycles. The van der Waals surface area contributed by atoms with Gasteiger partial charge in [0.2, 0.25) is 23.8 Å². The Labute approximate surface area is 253 Å². The van der Waals surface area contributed by atoms with Crippen molar-refractivity contribution in [2.24, 2.45) is 0 Å². The minimum atomic E-state index is -2.85. The number of piperazine rings is 1. The molecule has 2 aromatic heterocycles. The monoisotopic (exact) mass is 613 g/mol. The summed E-state index contributed by atoms with van der Waals surface area (Å²) < 4.78 is 40.7. The minimum absolute atomic E-state index is 0.0537. The highest BCUT2D eigenvalue weighted by atomic mass is 19.3. The number of ether oxygens (including phenoxy) is 2. The fourth-order valence-electron chi connectivity index (χ4n) is 5.79. The lowest BCUT2D eigenvalue weighted by Gasteiger charge is -2.37. The second-order valence-electron chi connectivity index (χ2n) is 12.1. The number of aromatic nitrogens is 5. The molecule has 1 aromatic carbocycles. The van der Waals surface area contributed by atoms with Gasteiger partial charge in [-0.2, -0.15) is 15.0 Å². The molecule has 0 unspecified atom stereocenters. The first kappa shape index (κ1) is 29.9. The van der Waals surface area contributed by atoms with E-state index in [0.717, 1.165) is 6.42 Å². The van der Waals surface area contributed by atoms with Crippen LogP contribution in [-0.2, 0) is 14.3 Å². The normalized spacial score (nSPS) is 19.7. The van der Waals surface area contributed by atoms with Gasteiger partial charge in [-0.05, 0) is 45.7 Å². The third-order valence-electron chi connectivity index (χ3n) is 7.92. The summed E-state index contributed by atoms with van der Waals surface area (Å²) >= 11 is 0. The van der Waals surface area contributed by atoms with E-state index in [4.69, 9.17) is 14.5 Å². The van der Waals surface area contributed by atoms with E-state index < -0.39 is 30.0 Å². The predicted molar refractivity (Wildman–Crippen MR) is 157 cm³/mol. The van der Waals surface area contributed by atoms with Crippen LogP contribution in [-0.4, -0.2) is 117 Å². The molecule has 3 aromatic rings. The Balaban J connectivity index is 1.25. The van der Waals surface area contributed by atoms with E-state index in [2.05, 4.69) is 15.0 Å². The summed E-state index contributed by atoms with van der Waals surface area (Å²) in [6, 6.07) is 6.32. The first-order valence-corrected chi connectivity index (χ1v) is 15.0. The van der Waals surface area contributed by atoms with Gasteiger partial charge in [-0.15, -0.1) is 0 Å². The van der Waals surface area contributed by atoms with Crippen molar-refractivity contribution >= 4 is 34.9 Å². The summed E-state index contributed by atoms with van der Waals surface area (Å²) in [6.45, 7) is 9.60. The van der Waals surface area contributed by atoms with Crippen molar-refractivity contribution < 1.29 is 27.8 Å². The van der Waals surface area contributed by atoms with E-state index in [-0.39, 0.29) is 11.9 Å². The number of nitrogens with zero attached hydrogens (tertiary/aromatic N) is 9. The zero-order valence-corrected chi connectivity index (χ0v) is 25.2. The first-order valence-electron chi connectivity index (χ1n) is 15.0. The number of carbonyl (C=O) groups excluding carboxylic acids is 2. The molecule has 0 saturated carbocycles. The number of hydrogen-bond acceptors (Lipinski definition) is 10. The molecule has 1 atom stereocenters. The van der Waals surface area contributed by atoms with Gasteiger partial charge < -0.3 is 24.2 Å². The fourth-order valence-corrected chi connectivity index (χ4v) is 5.79. The Morgan fingerprint density at radius 2 is 1.52 bits per heavy atom. The molecule has 0 bridgehead atoms. The van der Waals surface area contributed by atoms with Crippen molar-refractivity contribution in [3.63, 3.8) is 0 Å². The summed E-state index contributed by atoms with van der Waals surface area (Å²) in [7, 11) is 0. The highest BCUT2D eigenvalue weighted by Crippen LogP contribution is 2.29. The number of morpholine rings is 1. The highest BCUT2D eigenvalue weighted by molar-refractivity contribution is 5.86. The van der Waals surface area contributed by atoms with Crippen LogP contribution in [0.5, 0.6) is 0 Å². The third-order valence-corrected chi connectivity index (χ3v) is 7.92. The number of rotatable bonds is 5. The van der Waals surface area contributed by atoms with Crippen molar-refractivity contribution in [1.29, 1.82) is 0 Å². The Morgan fingerprint density at radius 1 is 0.886 bits per heavy atom. The number of alkyl halides is 2. The standard InChI is InChI=1S/C29H37F2N9O4/c1-29(2,3)44-28(42)39-10-6-9-21(39)24(41)36-11-13-37(14-12-36)25-33-26(38-15-17-43-18-16-38)35-27(34-25)40-20-8-5-4-7-19(20)32-23(40)22(30)31/h4-5,7-8,21-22H,6,9-18H2,1-3H3/t21-/m0/s1. The quantitative estimate of drug-likeness (QED) is 0.425. The molecule has 0 spiro atoms. The van der Waals surface area contributed by atoms with Crippen molar-refractivity contribution in [1.82, 2.24) is 34.3 Å². The fraction of sp³-hybridized carbons (Fsp3) is 0.586. The van der Waals surface area contributed by atoms with E-state index in [1.807, 2.05) is 9.80 Å². The average Bonchev–Trinajstić information content (AvgIpc) is 3.66. The zero-order chi connectivity index (χ0) is 31.0. The van der Waals surface area contributed by atoms with E-state index in [9.17, 15) is 18.4 Å². The molecule has 0 aliphatic carbocycles. The number of para-hydroxylation sites is 2.